The van der Waals surface area contributed by atoms with Gasteiger partial charge in [-0.25, -0.2) is 4.79 Å². The highest BCUT2D eigenvalue weighted by Gasteiger charge is 2.25. The number of ether oxygens (including phenoxy) is 4. The standard InChI is InChI=1S/C16H23NO6/c1-11(18)22-16(2,3)23-15(19)17-9-8-12-6-7-13(20-4)14(10-12)21-5/h6-7,10H,8-9H2,1-5H3,(H,17,19). The van der Waals surface area contributed by atoms with E-state index in [-0.39, 0.29) is 0 Å². The van der Waals surface area contributed by atoms with Crippen LogP contribution in [0.1, 0.15) is 26.3 Å². The van der Waals surface area contributed by atoms with Crippen LogP contribution in [0.4, 0.5) is 4.79 Å². The van der Waals surface area contributed by atoms with Crippen molar-refractivity contribution in [3.8, 4) is 11.5 Å². The van der Waals surface area contributed by atoms with Gasteiger partial charge in [0, 0.05) is 27.3 Å². The second-order valence-electron chi connectivity index (χ2n) is 5.25. The van der Waals surface area contributed by atoms with Crippen LogP contribution in [0, 0.1) is 0 Å². The first-order chi connectivity index (χ1) is 10.8. The first-order valence-electron chi connectivity index (χ1n) is 7.14. The van der Waals surface area contributed by atoms with Crippen molar-refractivity contribution in [3.63, 3.8) is 0 Å². The minimum absolute atomic E-state index is 0.366. The lowest BCUT2D eigenvalue weighted by Gasteiger charge is -2.24. The average Bonchev–Trinajstić information content (AvgIpc) is 2.44. The molecular formula is C16H23NO6. The number of esters is 1. The van der Waals surface area contributed by atoms with E-state index in [9.17, 15) is 9.59 Å². The van der Waals surface area contributed by atoms with E-state index in [2.05, 4.69) is 5.32 Å². The fourth-order valence-electron chi connectivity index (χ4n) is 1.97. The Bertz CT molecular complexity index is 556. The molecule has 0 aliphatic heterocycles. The van der Waals surface area contributed by atoms with E-state index < -0.39 is 17.8 Å². The fraction of sp³-hybridized carbons (Fsp3) is 0.500. The maximum absolute atomic E-state index is 11.7. The van der Waals surface area contributed by atoms with E-state index in [0.29, 0.717) is 24.5 Å². The molecule has 0 aliphatic carbocycles. The van der Waals surface area contributed by atoms with Crippen LogP contribution in [0.5, 0.6) is 11.5 Å². The molecular weight excluding hydrogens is 302 g/mol. The maximum atomic E-state index is 11.7. The van der Waals surface area contributed by atoms with Crippen LogP contribution in [0.25, 0.3) is 0 Å². The number of benzene rings is 1. The molecule has 1 amide bonds. The summed E-state index contributed by atoms with van der Waals surface area (Å²) in [5, 5.41) is 2.60. The van der Waals surface area contributed by atoms with Gasteiger partial charge in [-0.2, -0.15) is 0 Å². The first kappa shape index (κ1) is 18.6. The Morgan fingerprint density at radius 2 is 1.74 bits per heavy atom. The molecule has 0 aliphatic rings. The minimum atomic E-state index is -1.31. The number of amides is 1. The van der Waals surface area contributed by atoms with Gasteiger partial charge in [0.1, 0.15) is 0 Å². The number of nitrogens with one attached hydrogen (secondary N) is 1. The number of hydrogen-bond acceptors (Lipinski definition) is 6. The molecule has 0 radical (unpaired) electrons. The molecule has 1 N–H and O–H groups in total. The Morgan fingerprint density at radius 1 is 1.09 bits per heavy atom. The molecule has 7 heteroatoms. The molecule has 1 rings (SSSR count). The van der Waals surface area contributed by atoms with Gasteiger partial charge >= 0.3 is 12.1 Å². The summed E-state index contributed by atoms with van der Waals surface area (Å²) < 4.78 is 20.3. The van der Waals surface area contributed by atoms with Crippen molar-refractivity contribution < 1.29 is 28.5 Å². The number of carbonyl (C=O) groups is 2. The molecule has 0 saturated carbocycles. The van der Waals surface area contributed by atoms with Crippen LogP contribution < -0.4 is 14.8 Å². The molecule has 0 fully saturated rings. The topological polar surface area (TPSA) is 83.1 Å². The van der Waals surface area contributed by atoms with Gasteiger partial charge in [0.05, 0.1) is 14.2 Å². The molecule has 0 atom stereocenters. The van der Waals surface area contributed by atoms with Crippen LogP contribution >= 0.6 is 0 Å². The summed E-state index contributed by atoms with van der Waals surface area (Å²) in [4.78, 5) is 22.6. The van der Waals surface area contributed by atoms with E-state index >= 15 is 0 Å². The molecule has 0 spiro atoms. The highest BCUT2D eigenvalue weighted by atomic mass is 16.7. The van der Waals surface area contributed by atoms with Gasteiger partial charge in [0.25, 0.3) is 5.79 Å². The Kier molecular flexibility index (Phi) is 6.68. The predicted molar refractivity (Wildman–Crippen MR) is 83.6 cm³/mol. The zero-order valence-corrected chi connectivity index (χ0v) is 14.1. The summed E-state index contributed by atoms with van der Waals surface area (Å²) in [7, 11) is 3.13. The quantitative estimate of drug-likeness (QED) is 0.611. The molecule has 0 unspecified atom stereocenters. The van der Waals surface area contributed by atoms with Crippen LogP contribution in [0.2, 0.25) is 0 Å². The fourth-order valence-corrected chi connectivity index (χ4v) is 1.97. The molecule has 0 aromatic heterocycles. The van der Waals surface area contributed by atoms with Gasteiger partial charge in [-0.1, -0.05) is 6.07 Å². The van der Waals surface area contributed by atoms with Gasteiger partial charge in [0.15, 0.2) is 11.5 Å². The van der Waals surface area contributed by atoms with Crippen molar-refractivity contribution in [3.05, 3.63) is 23.8 Å². The lowest BCUT2D eigenvalue weighted by atomic mass is 10.1. The second-order valence-corrected chi connectivity index (χ2v) is 5.25. The minimum Gasteiger partial charge on any atom is -0.493 e. The zero-order valence-electron chi connectivity index (χ0n) is 14.1. The third-order valence-corrected chi connectivity index (χ3v) is 2.86. The third kappa shape index (κ3) is 6.46. The molecule has 1 aromatic carbocycles. The van der Waals surface area contributed by atoms with Crippen molar-refractivity contribution in [1.82, 2.24) is 5.32 Å². The summed E-state index contributed by atoms with van der Waals surface area (Å²) in [6, 6.07) is 5.53. The number of carbonyl (C=O) groups excluding carboxylic acids is 2. The first-order valence-corrected chi connectivity index (χ1v) is 7.14. The number of rotatable bonds is 7. The lowest BCUT2D eigenvalue weighted by Crippen LogP contribution is -2.38. The van der Waals surface area contributed by atoms with Crippen molar-refractivity contribution >= 4 is 12.1 Å². The van der Waals surface area contributed by atoms with E-state index in [1.54, 1.807) is 20.3 Å². The van der Waals surface area contributed by atoms with Gasteiger partial charge in [-0.3, -0.25) is 4.79 Å². The summed E-state index contributed by atoms with van der Waals surface area (Å²) >= 11 is 0. The van der Waals surface area contributed by atoms with E-state index in [1.165, 1.54) is 20.8 Å². The molecule has 128 valence electrons. The Hall–Kier alpha value is -2.44. The Labute approximate surface area is 135 Å². The van der Waals surface area contributed by atoms with Gasteiger partial charge in [0.2, 0.25) is 0 Å². The van der Waals surface area contributed by atoms with Gasteiger partial charge in [-0.15, -0.1) is 0 Å². The molecule has 7 nitrogen and oxygen atoms in total. The van der Waals surface area contributed by atoms with Crippen LogP contribution in [0.3, 0.4) is 0 Å². The lowest BCUT2D eigenvalue weighted by molar-refractivity contribution is -0.192. The Morgan fingerprint density at radius 3 is 2.30 bits per heavy atom. The predicted octanol–water partition coefficient (Wildman–Crippen LogP) is 2.27. The molecule has 23 heavy (non-hydrogen) atoms. The monoisotopic (exact) mass is 325 g/mol. The molecule has 0 saturated heterocycles. The SMILES string of the molecule is COc1ccc(CCNC(=O)OC(C)(C)OC(C)=O)cc1OC. The summed E-state index contributed by atoms with van der Waals surface area (Å²) in [6.07, 6.45) is -0.0691. The molecule has 0 heterocycles. The largest absolute Gasteiger partial charge is 0.493 e. The van der Waals surface area contributed by atoms with Gasteiger partial charge in [-0.05, 0) is 24.1 Å². The third-order valence-electron chi connectivity index (χ3n) is 2.86. The van der Waals surface area contributed by atoms with Crippen LogP contribution in [0.15, 0.2) is 18.2 Å². The smallest absolute Gasteiger partial charge is 0.410 e. The van der Waals surface area contributed by atoms with Crippen molar-refractivity contribution in [2.45, 2.75) is 33.0 Å². The zero-order chi connectivity index (χ0) is 17.5. The summed E-state index contributed by atoms with van der Waals surface area (Å²) in [5.41, 5.74) is 0.974. The van der Waals surface area contributed by atoms with E-state index in [1.807, 2.05) is 12.1 Å². The molecule has 1 aromatic rings. The maximum Gasteiger partial charge on any atom is 0.410 e. The van der Waals surface area contributed by atoms with Crippen LogP contribution in [-0.2, 0) is 20.7 Å². The number of methoxy groups -OCH3 is 2. The molecule has 0 bridgehead atoms. The van der Waals surface area contributed by atoms with Crippen molar-refractivity contribution in [1.29, 1.82) is 0 Å². The highest BCUT2D eigenvalue weighted by molar-refractivity contribution is 5.69. The van der Waals surface area contributed by atoms with Crippen molar-refractivity contribution in [2.75, 3.05) is 20.8 Å². The number of alkyl carbamates (subject to hydrolysis) is 1. The highest BCUT2D eigenvalue weighted by Crippen LogP contribution is 2.27. The average molecular weight is 325 g/mol. The van der Waals surface area contributed by atoms with E-state index in [4.69, 9.17) is 18.9 Å². The van der Waals surface area contributed by atoms with Crippen LogP contribution in [-0.4, -0.2) is 38.6 Å². The van der Waals surface area contributed by atoms with E-state index in [0.717, 1.165) is 5.56 Å². The summed E-state index contributed by atoms with van der Waals surface area (Å²) in [5.74, 6) is -0.553. The summed E-state index contributed by atoms with van der Waals surface area (Å²) in [6.45, 7) is 4.59. The van der Waals surface area contributed by atoms with Gasteiger partial charge < -0.3 is 24.3 Å². The Balaban J connectivity index is 2.47. The normalized spacial score (nSPS) is 10.7. The number of hydrogen-bond donors (Lipinski definition) is 1. The second kappa shape index (κ2) is 8.26. The van der Waals surface area contributed by atoms with Crippen molar-refractivity contribution in [2.24, 2.45) is 0 Å².